The number of hydrogen-bond donors (Lipinski definition) is 1. The molecular weight excluding hydrogens is 256 g/mol. The molecule has 0 aliphatic heterocycles. The van der Waals surface area contributed by atoms with Crippen LogP contribution >= 0.6 is 0 Å². The lowest BCUT2D eigenvalue weighted by Crippen LogP contribution is -2.57. The highest BCUT2D eigenvalue weighted by molar-refractivity contribution is 5.13. The highest BCUT2D eigenvalue weighted by atomic mass is 16.3. The van der Waals surface area contributed by atoms with E-state index in [0.29, 0.717) is 11.3 Å². The van der Waals surface area contributed by atoms with E-state index in [1.807, 2.05) is 6.08 Å². The van der Waals surface area contributed by atoms with Crippen LogP contribution in [-0.2, 0) is 0 Å². The molecule has 0 aromatic rings. The molecule has 1 unspecified atom stereocenters. The average Bonchev–Trinajstić information content (AvgIpc) is 2.35. The van der Waals surface area contributed by atoms with Crippen LogP contribution in [0.5, 0.6) is 0 Å². The van der Waals surface area contributed by atoms with E-state index < -0.39 is 5.60 Å². The van der Waals surface area contributed by atoms with Gasteiger partial charge in [0.1, 0.15) is 0 Å². The zero-order valence-corrected chi connectivity index (χ0v) is 14.5. The first kappa shape index (κ1) is 16.8. The van der Waals surface area contributed by atoms with Gasteiger partial charge in [-0.1, -0.05) is 52.0 Å². The Morgan fingerprint density at radius 3 is 2.48 bits per heavy atom. The third-order valence-corrected chi connectivity index (χ3v) is 6.80. The highest BCUT2D eigenvalue weighted by Gasteiger charge is 2.57. The standard InChI is InChI=1S/C20H34O/c1-7-15(2)9-10-17-19(5)13-8-12-18(3,4)16(19)11-14-20(17,6)21/h7,16-17,21H,1-2,8-14H2,3-6H3/t16-,17?,19-,20+/m1/s1. The zero-order chi connectivity index (χ0) is 15.9. The SMILES string of the molecule is C=CC(=C)CCC1[C@@](C)(O)CC[C@@H]2C(C)(C)CCC[C@@]12C. The van der Waals surface area contributed by atoms with E-state index in [1.54, 1.807) is 0 Å². The summed E-state index contributed by atoms with van der Waals surface area (Å²) in [6.45, 7) is 17.3. The molecule has 0 bridgehead atoms. The molecule has 120 valence electrons. The summed E-state index contributed by atoms with van der Waals surface area (Å²) < 4.78 is 0. The number of allylic oxidation sites excluding steroid dienone is 2. The lowest BCUT2D eigenvalue weighted by atomic mass is 9.45. The molecule has 1 N–H and O–H groups in total. The monoisotopic (exact) mass is 290 g/mol. The number of hydrogen-bond acceptors (Lipinski definition) is 1. The van der Waals surface area contributed by atoms with Gasteiger partial charge in [0.15, 0.2) is 0 Å². The van der Waals surface area contributed by atoms with Crippen LogP contribution in [-0.4, -0.2) is 10.7 Å². The van der Waals surface area contributed by atoms with Gasteiger partial charge in [-0.05, 0) is 68.1 Å². The van der Waals surface area contributed by atoms with Crippen molar-refractivity contribution >= 4 is 0 Å². The van der Waals surface area contributed by atoms with E-state index in [4.69, 9.17) is 0 Å². The summed E-state index contributed by atoms with van der Waals surface area (Å²) in [5.74, 6) is 1.11. The van der Waals surface area contributed by atoms with Crippen molar-refractivity contribution in [1.29, 1.82) is 0 Å². The molecule has 2 aliphatic rings. The summed E-state index contributed by atoms with van der Waals surface area (Å²) in [6.07, 6.45) is 9.90. The van der Waals surface area contributed by atoms with Crippen molar-refractivity contribution < 1.29 is 5.11 Å². The Morgan fingerprint density at radius 1 is 1.19 bits per heavy atom. The second kappa shape index (κ2) is 5.57. The molecule has 0 heterocycles. The van der Waals surface area contributed by atoms with E-state index in [0.717, 1.165) is 30.8 Å². The second-order valence-corrected chi connectivity index (χ2v) is 8.75. The quantitative estimate of drug-likeness (QED) is 0.678. The maximum Gasteiger partial charge on any atom is 0.0653 e. The van der Waals surface area contributed by atoms with Gasteiger partial charge >= 0.3 is 0 Å². The molecule has 2 saturated carbocycles. The molecule has 0 radical (unpaired) electrons. The van der Waals surface area contributed by atoms with Crippen LogP contribution in [0.4, 0.5) is 0 Å². The minimum absolute atomic E-state index is 0.269. The average molecular weight is 290 g/mol. The Labute approximate surface area is 131 Å². The summed E-state index contributed by atoms with van der Waals surface area (Å²) in [5, 5.41) is 11.0. The Morgan fingerprint density at radius 2 is 1.86 bits per heavy atom. The van der Waals surface area contributed by atoms with Crippen LogP contribution in [0.3, 0.4) is 0 Å². The van der Waals surface area contributed by atoms with E-state index in [9.17, 15) is 5.11 Å². The van der Waals surface area contributed by atoms with Gasteiger partial charge in [-0.15, -0.1) is 0 Å². The van der Waals surface area contributed by atoms with Gasteiger partial charge in [-0.2, -0.15) is 0 Å². The van der Waals surface area contributed by atoms with Crippen molar-refractivity contribution in [2.24, 2.45) is 22.7 Å². The van der Waals surface area contributed by atoms with Crippen molar-refractivity contribution in [1.82, 2.24) is 0 Å². The zero-order valence-electron chi connectivity index (χ0n) is 14.5. The maximum absolute atomic E-state index is 11.0. The van der Waals surface area contributed by atoms with Crippen LogP contribution < -0.4 is 0 Å². The third-order valence-electron chi connectivity index (χ3n) is 6.80. The van der Waals surface area contributed by atoms with Crippen LogP contribution in [0, 0.1) is 22.7 Å². The van der Waals surface area contributed by atoms with E-state index in [1.165, 1.54) is 25.7 Å². The van der Waals surface area contributed by atoms with Crippen LogP contribution in [0.15, 0.2) is 24.8 Å². The molecule has 2 rings (SSSR count). The molecular formula is C20H34O. The fourth-order valence-corrected chi connectivity index (χ4v) is 5.70. The number of fused-ring (bicyclic) bond motifs is 1. The fourth-order valence-electron chi connectivity index (χ4n) is 5.70. The van der Waals surface area contributed by atoms with Crippen LogP contribution in [0.2, 0.25) is 0 Å². The number of aliphatic hydroxyl groups is 1. The van der Waals surface area contributed by atoms with Crippen molar-refractivity contribution in [3.05, 3.63) is 24.8 Å². The molecule has 0 aromatic heterocycles. The van der Waals surface area contributed by atoms with Gasteiger partial charge in [0.2, 0.25) is 0 Å². The van der Waals surface area contributed by atoms with Gasteiger partial charge in [0.05, 0.1) is 5.60 Å². The lowest BCUT2D eigenvalue weighted by Gasteiger charge is -2.61. The first-order valence-corrected chi connectivity index (χ1v) is 8.66. The first-order chi connectivity index (χ1) is 9.63. The molecule has 0 saturated heterocycles. The summed E-state index contributed by atoms with van der Waals surface area (Å²) >= 11 is 0. The molecule has 1 heteroatoms. The molecule has 2 fully saturated rings. The Hall–Kier alpha value is -0.560. The van der Waals surface area contributed by atoms with Crippen LogP contribution in [0.1, 0.15) is 72.6 Å². The normalized spacial score (nSPS) is 42.1. The third kappa shape index (κ3) is 2.99. The highest BCUT2D eigenvalue weighted by Crippen LogP contribution is 2.62. The fraction of sp³-hybridized carbons (Fsp3) is 0.800. The summed E-state index contributed by atoms with van der Waals surface area (Å²) in [5.41, 5.74) is 1.26. The van der Waals surface area contributed by atoms with Crippen molar-refractivity contribution in [2.45, 2.75) is 78.2 Å². The first-order valence-electron chi connectivity index (χ1n) is 8.66. The van der Waals surface area contributed by atoms with Crippen molar-refractivity contribution in [3.63, 3.8) is 0 Å². The Bertz CT molecular complexity index is 418. The van der Waals surface area contributed by atoms with Crippen molar-refractivity contribution in [3.8, 4) is 0 Å². The number of rotatable bonds is 4. The van der Waals surface area contributed by atoms with E-state index in [2.05, 4.69) is 40.9 Å². The molecule has 2 aliphatic carbocycles. The molecule has 0 aromatic carbocycles. The summed E-state index contributed by atoms with van der Waals surface area (Å²) in [6, 6.07) is 0. The molecule has 4 atom stereocenters. The molecule has 21 heavy (non-hydrogen) atoms. The summed E-state index contributed by atoms with van der Waals surface area (Å²) in [7, 11) is 0. The van der Waals surface area contributed by atoms with Crippen LogP contribution in [0.25, 0.3) is 0 Å². The van der Waals surface area contributed by atoms with Gasteiger partial charge in [0, 0.05) is 0 Å². The van der Waals surface area contributed by atoms with Crippen molar-refractivity contribution in [2.75, 3.05) is 0 Å². The van der Waals surface area contributed by atoms with Gasteiger partial charge < -0.3 is 5.11 Å². The largest absolute Gasteiger partial charge is 0.390 e. The summed E-state index contributed by atoms with van der Waals surface area (Å²) in [4.78, 5) is 0. The Kier molecular flexibility index (Phi) is 4.46. The predicted molar refractivity (Wildman–Crippen MR) is 91.1 cm³/mol. The van der Waals surface area contributed by atoms with E-state index >= 15 is 0 Å². The minimum atomic E-state index is -0.528. The van der Waals surface area contributed by atoms with Gasteiger partial charge in [0.25, 0.3) is 0 Å². The predicted octanol–water partition coefficient (Wildman–Crippen LogP) is 5.50. The minimum Gasteiger partial charge on any atom is -0.390 e. The van der Waals surface area contributed by atoms with Gasteiger partial charge in [-0.25, -0.2) is 0 Å². The second-order valence-electron chi connectivity index (χ2n) is 8.75. The Balaban J connectivity index is 2.28. The smallest absolute Gasteiger partial charge is 0.0653 e. The molecule has 0 amide bonds. The molecule has 1 nitrogen and oxygen atoms in total. The maximum atomic E-state index is 11.0. The topological polar surface area (TPSA) is 20.2 Å². The van der Waals surface area contributed by atoms with E-state index in [-0.39, 0.29) is 5.41 Å². The van der Waals surface area contributed by atoms with Gasteiger partial charge in [-0.3, -0.25) is 0 Å². The lowest BCUT2D eigenvalue weighted by molar-refractivity contribution is -0.168. The molecule has 0 spiro atoms.